The number of halogens is 14. The van der Waals surface area contributed by atoms with Crippen molar-refractivity contribution in [3.63, 3.8) is 0 Å². The molecule has 6 aliphatic rings. The molecular weight excluding hydrogens is 1300 g/mol. The second-order valence-corrected chi connectivity index (χ2v) is 24.3. The summed E-state index contributed by atoms with van der Waals surface area (Å²) in [5, 5.41) is 24.3. The fourth-order valence-electron chi connectivity index (χ4n) is 12.8. The fraction of sp³-hybridized carbons (Fsp3) is 0.516. The van der Waals surface area contributed by atoms with Gasteiger partial charge in [0.2, 0.25) is 0 Å². The molecule has 30 heteroatoms. The van der Waals surface area contributed by atoms with Gasteiger partial charge in [-0.25, -0.2) is 18.0 Å². The quantitative estimate of drug-likeness (QED) is 0.120. The molecule has 0 radical (unpaired) electrons. The lowest BCUT2D eigenvalue weighted by molar-refractivity contribution is -0.191. The number of hydrogen-bond donors (Lipinski definition) is 4. The van der Waals surface area contributed by atoms with E-state index in [0.717, 1.165) is 110 Å². The number of carbonyl (C=O) groups is 3. The van der Waals surface area contributed by atoms with E-state index in [2.05, 4.69) is 35.9 Å². The summed E-state index contributed by atoms with van der Waals surface area (Å²) in [5.74, 6) is -5.06. The number of likely N-dealkylation sites (tertiary alicyclic amines) is 2. The number of carbonyl (C=O) groups excluding carboxylic acids is 5. The van der Waals surface area contributed by atoms with Crippen LogP contribution in [0.25, 0.3) is 0 Å². The maximum atomic E-state index is 13.9. The van der Waals surface area contributed by atoms with Crippen molar-refractivity contribution in [2.24, 2.45) is 0 Å². The summed E-state index contributed by atoms with van der Waals surface area (Å²) in [6.45, 7) is 9.58. The summed E-state index contributed by atoms with van der Waals surface area (Å²) in [6.07, 6.45) is -1.20. The third kappa shape index (κ3) is 18.9. The number of hydrogen-bond acceptors (Lipinski definition) is 10. The number of aryl methyl sites for hydroxylation is 2. The van der Waals surface area contributed by atoms with Gasteiger partial charge >= 0.3 is 30.8 Å². The molecule has 7 heterocycles. The molecule has 514 valence electrons. The summed E-state index contributed by atoms with van der Waals surface area (Å²) in [6, 6.07) is 10.6. The van der Waals surface area contributed by atoms with Crippen LogP contribution in [0.3, 0.4) is 0 Å². The normalized spacial score (nSPS) is 16.9. The Morgan fingerprint density at radius 1 is 0.511 bits per heavy atom. The molecule has 3 saturated heterocycles. The topological polar surface area (TPSA) is 202 Å². The maximum Gasteiger partial charge on any atom is 0.419 e. The number of benzene rings is 3. The zero-order valence-electron chi connectivity index (χ0n) is 51.8. The van der Waals surface area contributed by atoms with Crippen molar-refractivity contribution < 1.29 is 81.4 Å². The molecule has 0 unspecified atom stereocenters. The standard InChI is InChI=1S/2C20H21F4N3O.C12H13F4N.C11H17N3O2.CO2.2ClH/c2*21-15-6-3-5-13(17(15)20(22,23)24)12-8-10-27(11-9-12)19(28)18-14-4-1-2-7-16(14)25-26-18;13-10-3-1-2-9(11(10)12(14,15)16)8-4-6-17-7-5-8;1-11(2,3)16-10(15)14-5-4-9-8(7-14)6-12-13-9;2-1-3;;/h2*3,5-6,12H,1-2,4,7-11H2,(H,25,26);1-3,8,17H,4-7H2;6H,4-5,7H2,1-3H3,(H,12,13);;2*1H. The van der Waals surface area contributed by atoms with Gasteiger partial charge in [-0.15, -0.1) is 24.8 Å². The maximum absolute atomic E-state index is 13.9. The Morgan fingerprint density at radius 3 is 1.26 bits per heavy atom. The van der Waals surface area contributed by atoms with E-state index in [1.165, 1.54) is 36.4 Å². The van der Waals surface area contributed by atoms with Gasteiger partial charge in [-0.2, -0.15) is 64.4 Å². The SMILES string of the molecule is CC(C)(C)OC(=O)N1CCc2[nH]ncc2C1.Cl.Cl.Fc1cccc(C2CCNCC2)c1C(F)(F)F.O=C(c1n[nH]c2c1CCCC2)N1CCC(c2cccc(F)c2C(F)(F)F)CC1.O=C(c1n[nH]c2c1CCCC2)N1CCC(c2cccc(F)c2C(F)(F)F)CC1.O=C=O. The lowest BCUT2D eigenvalue weighted by Crippen LogP contribution is -2.39. The van der Waals surface area contributed by atoms with Gasteiger partial charge in [-0.1, -0.05) is 36.4 Å². The Kier molecular flexibility index (Phi) is 26.4. The van der Waals surface area contributed by atoms with Crippen LogP contribution < -0.4 is 5.32 Å². The molecule has 16 nitrogen and oxygen atoms in total. The van der Waals surface area contributed by atoms with Crippen LogP contribution in [-0.4, -0.2) is 121 Å². The minimum absolute atomic E-state index is 0. The third-order valence-electron chi connectivity index (χ3n) is 17.2. The van der Waals surface area contributed by atoms with Crippen LogP contribution in [0.15, 0.2) is 60.8 Å². The van der Waals surface area contributed by atoms with E-state index in [9.17, 15) is 67.1 Å². The van der Waals surface area contributed by atoms with E-state index >= 15 is 0 Å². The molecule has 6 aromatic rings. The van der Waals surface area contributed by atoms with Crippen LogP contribution in [-0.2, 0) is 71.5 Å². The van der Waals surface area contributed by atoms with Crippen molar-refractivity contribution >= 4 is 48.9 Å². The van der Waals surface area contributed by atoms with Crippen molar-refractivity contribution in [2.75, 3.05) is 45.8 Å². The van der Waals surface area contributed by atoms with Crippen molar-refractivity contribution in [1.82, 2.24) is 50.6 Å². The van der Waals surface area contributed by atoms with Crippen LogP contribution in [0.2, 0.25) is 0 Å². The van der Waals surface area contributed by atoms with Crippen LogP contribution >= 0.6 is 24.8 Å². The van der Waals surface area contributed by atoms with E-state index in [1.807, 2.05) is 20.8 Å². The Labute approximate surface area is 546 Å². The van der Waals surface area contributed by atoms with Gasteiger partial charge in [0, 0.05) is 72.9 Å². The van der Waals surface area contributed by atoms with Gasteiger partial charge in [-0.05, 0) is 176 Å². The number of H-pyrrole nitrogens is 3. The molecule has 3 fully saturated rings. The molecule has 3 amide bonds. The Morgan fingerprint density at radius 2 is 0.883 bits per heavy atom. The first kappa shape index (κ1) is 75.6. The molecule has 0 bridgehead atoms. The highest BCUT2D eigenvalue weighted by Crippen LogP contribution is 2.43. The number of aromatic amines is 3. The zero-order valence-corrected chi connectivity index (χ0v) is 53.4. The summed E-state index contributed by atoms with van der Waals surface area (Å²) < 4.78 is 165. The van der Waals surface area contributed by atoms with E-state index in [4.69, 9.17) is 14.3 Å². The van der Waals surface area contributed by atoms with Crippen molar-refractivity contribution in [1.29, 1.82) is 0 Å². The van der Waals surface area contributed by atoms with Crippen molar-refractivity contribution in [3.8, 4) is 0 Å². The van der Waals surface area contributed by atoms with Gasteiger partial charge in [0.25, 0.3) is 11.8 Å². The number of nitrogens with zero attached hydrogens (tertiary/aromatic N) is 6. The van der Waals surface area contributed by atoms with Gasteiger partial charge in [-0.3, -0.25) is 24.9 Å². The molecular formula is C64H74Cl2F12N10O6. The highest BCUT2D eigenvalue weighted by atomic mass is 35.5. The van der Waals surface area contributed by atoms with Crippen LogP contribution in [0.1, 0.15) is 191 Å². The van der Waals surface area contributed by atoms with Gasteiger partial charge in [0.15, 0.2) is 11.4 Å². The highest BCUT2D eigenvalue weighted by Gasteiger charge is 2.42. The first-order valence-electron chi connectivity index (χ1n) is 30.6. The van der Waals surface area contributed by atoms with Gasteiger partial charge in [0.1, 0.15) is 23.1 Å². The first-order chi connectivity index (χ1) is 43.6. The van der Waals surface area contributed by atoms with Crippen molar-refractivity contribution in [2.45, 2.75) is 166 Å². The average Bonchev–Trinajstić information content (AvgIpc) is 0.827. The lowest BCUT2D eigenvalue weighted by Gasteiger charge is -2.33. The minimum atomic E-state index is -4.73. The Balaban J connectivity index is 0.000000200. The largest absolute Gasteiger partial charge is 0.444 e. The van der Waals surface area contributed by atoms with E-state index in [-0.39, 0.29) is 71.5 Å². The predicted octanol–water partition coefficient (Wildman–Crippen LogP) is 14.2. The van der Waals surface area contributed by atoms with Crippen LogP contribution in [0, 0.1) is 17.5 Å². The second-order valence-electron chi connectivity index (χ2n) is 24.3. The highest BCUT2D eigenvalue weighted by molar-refractivity contribution is 5.95. The number of rotatable bonds is 5. The molecule has 0 saturated carbocycles. The van der Waals surface area contributed by atoms with E-state index in [0.29, 0.717) is 102 Å². The number of fused-ring (bicyclic) bond motifs is 3. The number of piperidine rings is 3. The number of nitrogens with one attached hydrogen (secondary N) is 4. The zero-order chi connectivity index (χ0) is 66.7. The molecule has 2 aliphatic carbocycles. The summed E-state index contributed by atoms with van der Waals surface area (Å²) in [4.78, 5) is 58.8. The monoisotopic (exact) mass is 1380 g/mol. The van der Waals surface area contributed by atoms with Crippen molar-refractivity contribution in [3.05, 3.63) is 157 Å². The molecule has 12 rings (SSSR count). The smallest absolute Gasteiger partial charge is 0.419 e. The number of amides is 3. The molecule has 4 N–H and O–H groups in total. The molecule has 3 aromatic heterocycles. The minimum Gasteiger partial charge on any atom is -0.444 e. The summed E-state index contributed by atoms with van der Waals surface area (Å²) in [7, 11) is 0. The second kappa shape index (κ2) is 32.8. The lowest BCUT2D eigenvalue weighted by atomic mass is 9.86. The predicted molar refractivity (Wildman–Crippen MR) is 324 cm³/mol. The van der Waals surface area contributed by atoms with Crippen LogP contribution in [0.4, 0.5) is 57.5 Å². The summed E-state index contributed by atoms with van der Waals surface area (Å²) >= 11 is 0. The fourth-order valence-corrected chi connectivity index (χ4v) is 12.8. The molecule has 0 atom stereocenters. The van der Waals surface area contributed by atoms with E-state index in [1.54, 1.807) is 20.9 Å². The first-order valence-corrected chi connectivity index (χ1v) is 30.6. The average molecular weight is 1380 g/mol. The Hall–Kier alpha value is -7.42. The van der Waals surface area contributed by atoms with Crippen LogP contribution in [0.5, 0.6) is 0 Å². The third-order valence-corrected chi connectivity index (χ3v) is 17.2. The number of ether oxygens (including phenoxy) is 1. The number of alkyl halides is 9. The van der Waals surface area contributed by atoms with E-state index < -0.39 is 70.1 Å². The molecule has 3 aromatic carbocycles. The summed E-state index contributed by atoms with van der Waals surface area (Å²) in [5.41, 5.74) is 3.24. The Bertz CT molecular complexity index is 3390. The molecule has 0 spiro atoms. The number of aromatic nitrogens is 6. The molecule has 4 aliphatic heterocycles. The molecule has 94 heavy (non-hydrogen) atoms. The van der Waals surface area contributed by atoms with Gasteiger partial charge in [0.05, 0.1) is 29.4 Å². The van der Waals surface area contributed by atoms with Gasteiger partial charge < -0.3 is 24.8 Å².